The highest BCUT2D eigenvalue weighted by molar-refractivity contribution is 9.10. The molecular weight excluding hydrogens is 290 g/mol. The van der Waals surface area contributed by atoms with Gasteiger partial charge < -0.3 is 4.42 Å². The minimum Gasteiger partial charge on any atom is -0.464 e. The first-order chi connectivity index (χ1) is 8.72. The molecule has 18 heavy (non-hydrogen) atoms. The zero-order valence-corrected chi connectivity index (χ0v) is 12.2. The maximum Gasteiger partial charge on any atom is 0.135 e. The number of rotatable bonds is 2. The van der Waals surface area contributed by atoms with Crippen molar-refractivity contribution in [1.29, 1.82) is 0 Å². The first-order valence-corrected chi connectivity index (χ1v) is 7.39. The fourth-order valence-corrected chi connectivity index (χ4v) is 3.40. The van der Waals surface area contributed by atoms with Crippen LogP contribution in [-0.2, 0) is 6.54 Å². The molecule has 3 rings (SSSR count). The van der Waals surface area contributed by atoms with E-state index >= 15 is 0 Å². The highest BCUT2D eigenvalue weighted by Gasteiger charge is 2.17. The molecule has 0 spiro atoms. The Hall–Kier alpha value is -0.800. The molecule has 96 valence electrons. The van der Waals surface area contributed by atoms with E-state index in [1.807, 2.05) is 6.07 Å². The van der Waals surface area contributed by atoms with Gasteiger partial charge in [-0.15, -0.1) is 0 Å². The maximum absolute atomic E-state index is 5.50. The van der Waals surface area contributed by atoms with Gasteiger partial charge in [-0.3, -0.25) is 4.90 Å². The third kappa shape index (κ3) is 2.47. The van der Waals surface area contributed by atoms with Crippen LogP contribution < -0.4 is 0 Å². The molecule has 1 fully saturated rings. The molecule has 1 aromatic heterocycles. The van der Waals surface area contributed by atoms with Gasteiger partial charge in [-0.1, -0.05) is 22.9 Å². The van der Waals surface area contributed by atoms with Gasteiger partial charge in [0.1, 0.15) is 5.58 Å². The number of furan rings is 1. The van der Waals surface area contributed by atoms with Crippen LogP contribution in [0.3, 0.4) is 0 Å². The summed E-state index contributed by atoms with van der Waals surface area (Å²) in [7, 11) is 0. The predicted octanol–water partition coefficient (Wildman–Crippen LogP) is 4.43. The van der Waals surface area contributed by atoms with Gasteiger partial charge >= 0.3 is 0 Å². The molecule has 0 amide bonds. The summed E-state index contributed by atoms with van der Waals surface area (Å²) in [6.07, 6.45) is 4.47. The van der Waals surface area contributed by atoms with E-state index in [0.29, 0.717) is 0 Å². The Labute approximate surface area is 116 Å². The fraction of sp³-hybridized carbons (Fsp3) is 0.467. The fourth-order valence-electron chi connectivity index (χ4n) is 2.91. The molecule has 2 heterocycles. The molecular formula is C15H18BrNO. The van der Waals surface area contributed by atoms with E-state index in [-0.39, 0.29) is 0 Å². The topological polar surface area (TPSA) is 16.4 Å². The lowest BCUT2D eigenvalue weighted by Gasteiger charge is -2.31. The second-order valence-electron chi connectivity index (χ2n) is 5.38. The smallest absolute Gasteiger partial charge is 0.135 e. The van der Waals surface area contributed by atoms with E-state index in [0.717, 1.165) is 22.5 Å². The Morgan fingerprint density at radius 1 is 1.44 bits per heavy atom. The Morgan fingerprint density at radius 2 is 2.33 bits per heavy atom. The minimum atomic E-state index is 0.825. The molecule has 1 aromatic carbocycles. The molecule has 0 radical (unpaired) electrons. The van der Waals surface area contributed by atoms with Crippen LogP contribution in [0, 0.1) is 5.92 Å². The van der Waals surface area contributed by atoms with Crippen molar-refractivity contribution in [3.63, 3.8) is 0 Å². The molecule has 1 aliphatic heterocycles. The van der Waals surface area contributed by atoms with Crippen LogP contribution in [-0.4, -0.2) is 18.0 Å². The Kier molecular flexibility index (Phi) is 3.44. The number of hydrogen-bond donors (Lipinski definition) is 0. The van der Waals surface area contributed by atoms with Crippen LogP contribution in [0.4, 0.5) is 0 Å². The number of hydrogen-bond acceptors (Lipinski definition) is 2. The standard InChI is InChI=1S/C15H18BrNO/c1-11-3-2-5-17(9-11)10-12-7-13(16)8-15-14(12)4-6-18-15/h4,6-8,11H,2-3,5,9-10H2,1H3/t11-/m0/s1. The molecule has 0 aliphatic carbocycles. The van der Waals surface area contributed by atoms with E-state index < -0.39 is 0 Å². The molecule has 0 N–H and O–H groups in total. The second-order valence-corrected chi connectivity index (χ2v) is 6.30. The van der Waals surface area contributed by atoms with Crippen molar-refractivity contribution in [1.82, 2.24) is 4.90 Å². The molecule has 0 unspecified atom stereocenters. The van der Waals surface area contributed by atoms with Gasteiger partial charge in [0, 0.05) is 22.9 Å². The van der Waals surface area contributed by atoms with Gasteiger partial charge in [0.15, 0.2) is 0 Å². The summed E-state index contributed by atoms with van der Waals surface area (Å²) in [4.78, 5) is 2.56. The monoisotopic (exact) mass is 307 g/mol. The first kappa shape index (κ1) is 12.2. The number of halogens is 1. The number of nitrogens with zero attached hydrogens (tertiary/aromatic N) is 1. The average molecular weight is 308 g/mol. The zero-order valence-electron chi connectivity index (χ0n) is 10.7. The van der Waals surface area contributed by atoms with Crippen LogP contribution >= 0.6 is 15.9 Å². The highest BCUT2D eigenvalue weighted by atomic mass is 79.9. The van der Waals surface area contributed by atoms with Crippen LogP contribution in [0.15, 0.2) is 33.4 Å². The van der Waals surface area contributed by atoms with Gasteiger partial charge in [0.2, 0.25) is 0 Å². The molecule has 0 saturated carbocycles. The summed E-state index contributed by atoms with van der Waals surface area (Å²) >= 11 is 3.57. The molecule has 1 saturated heterocycles. The van der Waals surface area contributed by atoms with Crippen LogP contribution in [0.2, 0.25) is 0 Å². The van der Waals surface area contributed by atoms with Crippen molar-refractivity contribution in [3.8, 4) is 0 Å². The molecule has 0 bridgehead atoms. The Balaban J connectivity index is 1.87. The van der Waals surface area contributed by atoms with E-state index in [1.165, 1.54) is 36.9 Å². The highest BCUT2D eigenvalue weighted by Crippen LogP contribution is 2.27. The van der Waals surface area contributed by atoms with Gasteiger partial charge in [-0.25, -0.2) is 0 Å². The minimum absolute atomic E-state index is 0.825. The molecule has 1 atom stereocenters. The zero-order chi connectivity index (χ0) is 12.5. The second kappa shape index (κ2) is 5.06. The summed E-state index contributed by atoms with van der Waals surface area (Å²) in [5.41, 5.74) is 2.34. The SMILES string of the molecule is C[C@H]1CCCN(Cc2cc(Br)cc3occc23)C1. The number of fused-ring (bicyclic) bond motifs is 1. The van der Waals surface area contributed by atoms with Crippen molar-refractivity contribution in [2.24, 2.45) is 5.92 Å². The quantitative estimate of drug-likeness (QED) is 0.816. The largest absolute Gasteiger partial charge is 0.464 e. The van der Waals surface area contributed by atoms with Gasteiger partial charge in [-0.2, -0.15) is 0 Å². The van der Waals surface area contributed by atoms with Crippen LogP contribution in [0.5, 0.6) is 0 Å². The number of piperidine rings is 1. The predicted molar refractivity (Wildman–Crippen MR) is 77.6 cm³/mol. The summed E-state index contributed by atoms with van der Waals surface area (Å²) in [5, 5.41) is 1.25. The summed E-state index contributed by atoms with van der Waals surface area (Å²) < 4.78 is 6.60. The van der Waals surface area contributed by atoms with Crippen LogP contribution in [0.1, 0.15) is 25.3 Å². The lowest BCUT2D eigenvalue weighted by molar-refractivity contribution is 0.177. The third-order valence-corrected chi connectivity index (χ3v) is 4.22. The molecule has 3 heteroatoms. The Morgan fingerprint density at radius 3 is 3.17 bits per heavy atom. The van der Waals surface area contributed by atoms with E-state index in [2.05, 4.69) is 39.9 Å². The van der Waals surface area contributed by atoms with Crippen molar-refractivity contribution in [3.05, 3.63) is 34.5 Å². The van der Waals surface area contributed by atoms with Crippen molar-refractivity contribution >= 4 is 26.9 Å². The molecule has 1 aliphatic rings. The lowest BCUT2D eigenvalue weighted by atomic mass is 9.99. The maximum atomic E-state index is 5.50. The number of benzene rings is 1. The molecule has 2 nitrogen and oxygen atoms in total. The van der Waals surface area contributed by atoms with Gasteiger partial charge in [0.25, 0.3) is 0 Å². The van der Waals surface area contributed by atoms with Crippen molar-refractivity contribution < 1.29 is 4.42 Å². The van der Waals surface area contributed by atoms with Crippen molar-refractivity contribution in [2.75, 3.05) is 13.1 Å². The number of likely N-dealkylation sites (tertiary alicyclic amines) is 1. The summed E-state index contributed by atoms with van der Waals surface area (Å²) in [5.74, 6) is 0.825. The molecule has 2 aromatic rings. The van der Waals surface area contributed by atoms with E-state index in [4.69, 9.17) is 4.42 Å². The van der Waals surface area contributed by atoms with Gasteiger partial charge in [-0.05, 0) is 49.1 Å². The average Bonchev–Trinajstić information content (AvgIpc) is 2.77. The first-order valence-electron chi connectivity index (χ1n) is 6.60. The van der Waals surface area contributed by atoms with E-state index in [1.54, 1.807) is 6.26 Å². The Bertz CT molecular complexity index is 548. The third-order valence-electron chi connectivity index (χ3n) is 3.76. The van der Waals surface area contributed by atoms with Gasteiger partial charge in [0.05, 0.1) is 6.26 Å². The lowest BCUT2D eigenvalue weighted by Crippen LogP contribution is -2.33. The normalized spacial score (nSPS) is 21.6. The van der Waals surface area contributed by atoms with Crippen molar-refractivity contribution in [2.45, 2.75) is 26.3 Å². The van der Waals surface area contributed by atoms with E-state index in [9.17, 15) is 0 Å². The summed E-state index contributed by atoms with van der Waals surface area (Å²) in [6.45, 7) is 5.81. The summed E-state index contributed by atoms with van der Waals surface area (Å²) in [6, 6.07) is 6.33. The van der Waals surface area contributed by atoms with Crippen LogP contribution in [0.25, 0.3) is 11.0 Å².